The van der Waals surface area contributed by atoms with E-state index in [0.29, 0.717) is 23.9 Å². The van der Waals surface area contributed by atoms with Gasteiger partial charge < -0.3 is 4.74 Å². The van der Waals surface area contributed by atoms with Crippen molar-refractivity contribution in [3.05, 3.63) is 35.9 Å². The smallest absolute Gasteiger partial charge is 0.167 e. The van der Waals surface area contributed by atoms with E-state index in [9.17, 15) is 4.39 Å². The number of halogens is 1. The summed E-state index contributed by atoms with van der Waals surface area (Å²) < 4.78 is 18.8. The summed E-state index contributed by atoms with van der Waals surface area (Å²) in [5.41, 5.74) is 0.411. The minimum Gasteiger partial charge on any atom is -0.490 e. The van der Waals surface area contributed by atoms with Gasteiger partial charge in [-0.25, -0.2) is 4.39 Å². The monoisotopic (exact) mass is 196 g/mol. The lowest BCUT2D eigenvalue weighted by atomic mass is 10.2. The molecule has 1 rings (SSSR count). The zero-order valence-electron chi connectivity index (χ0n) is 8.85. The molecule has 0 unspecified atom stereocenters. The van der Waals surface area contributed by atoms with Gasteiger partial charge in [0.05, 0.1) is 6.61 Å². The highest BCUT2D eigenvalue weighted by Gasteiger charge is 2.22. The van der Waals surface area contributed by atoms with Crippen LogP contribution in [0, 0.1) is 5.92 Å². The largest absolute Gasteiger partial charge is 0.490 e. The van der Waals surface area contributed by atoms with E-state index in [1.165, 1.54) is 12.8 Å². The molecule has 1 aliphatic carbocycles. The topological polar surface area (TPSA) is 9.23 Å². The zero-order chi connectivity index (χ0) is 10.6. The molecule has 0 spiro atoms. The minimum absolute atomic E-state index is 0.312. The predicted molar refractivity (Wildman–Crippen MR) is 56.4 cm³/mol. The highest BCUT2D eigenvalue weighted by atomic mass is 19.1. The van der Waals surface area contributed by atoms with Crippen molar-refractivity contribution >= 4 is 0 Å². The van der Waals surface area contributed by atoms with Crippen molar-refractivity contribution in [2.45, 2.75) is 26.7 Å². The fourth-order valence-electron chi connectivity index (χ4n) is 1.04. The second-order valence-corrected chi connectivity index (χ2v) is 3.71. The molecule has 0 aromatic rings. The first kappa shape index (κ1) is 11.0. The number of ether oxygens (including phenoxy) is 1. The van der Waals surface area contributed by atoms with Gasteiger partial charge in [0.25, 0.3) is 0 Å². The summed E-state index contributed by atoms with van der Waals surface area (Å²) in [7, 11) is 0. The van der Waals surface area contributed by atoms with Crippen LogP contribution in [0.25, 0.3) is 0 Å². The van der Waals surface area contributed by atoms with Gasteiger partial charge in [0.15, 0.2) is 11.6 Å². The van der Waals surface area contributed by atoms with Gasteiger partial charge in [-0.1, -0.05) is 12.7 Å². The lowest BCUT2D eigenvalue weighted by Crippen LogP contribution is -1.97. The van der Waals surface area contributed by atoms with Gasteiger partial charge >= 0.3 is 0 Å². The minimum atomic E-state index is -0.344. The first-order valence-corrected chi connectivity index (χ1v) is 4.96. The average molecular weight is 196 g/mol. The van der Waals surface area contributed by atoms with Gasteiger partial charge in [0.1, 0.15) is 0 Å². The Labute approximate surface area is 85.0 Å². The van der Waals surface area contributed by atoms with Crippen LogP contribution in [0.2, 0.25) is 0 Å². The molecule has 0 heterocycles. The molecular formula is C12H17FO. The molecule has 14 heavy (non-hydrogen) atoms. The summed E-state index contributed by atoms with van der Waals surface area (Å²) in [6.45, 7) is 7.66. The van der Waals surface area contributed by atoms with Crippen LogP contribution in [-0.2, 0) is 4.74 Å². The zero-order valence-corrected chi connectivity index (χ0v) is 8.85. The molecule has 1 aliphatic rings. The van der Waals surface area contributed by atoms with Crippen molar-refractivity contribution in [1.29, 1.82) is 0 Å². The number of hydrogen-bond acceptors (Lipinski definition) is 1. The van der Waals surface area contributed by atoms with Gasteiger partial charge in [0.2, 0.25) is 0 Å². The van der Waals surface area contributed by atoms with Gasteiger partial charge in [-0.05, 0) is 44.3 Å². The maximum atomic E-state index is 13.5. The molecule has 0 bridgehead atoms. The highest BCUT2D eigenvalue weighted by molar-refractivity contribution is 5.28. The molecule has 2 heteroatoms. The molecular weight excluding hydrogens is 179 g/mol. The van der Waals surface area contributed by atoms with E-state index in [1.807, 2.05) is 6.92 Å². The highest BCUT2D eigenvalue weighted by Crippen LogP contribution is 2.30. The van der Waals surface area contributed by atoms with Crippen LogP contribution in [0.5, 0.6) is 0 Å². The molecule has 78 valence electrons. The van der Waals surface area contributed by atoms with E-state index in [1.54, 1.807) is 19.1 Å². The van der Waals surface area contributed by atoms with E-state index in [2.05, 4.69) is 6.58 Å². The molecule has 1 fully saturated rings. The Morgan fingerprint density at radius 2 is 2.21 bits per heavy atom. The SMILES string of the molecule is C=C(C)/C(F)=C(\C=C/C)OCC1CC1. The molecule has 0 aromatic heterocycles. The van der Waals surface area contributed by atoms with Crippen molar-refractivity contribution < 1.29 is 9.13 Å². The van der Waals surface area contributed by atoms with Crippen molar-refractivity contribution in [1.82, 2.24) is 0 Å². The molecule has 0 radical (unpaired) electrons. The van der Waals surface area contributed by atoms with Gasteiger partial charge in [-0.2, -0.15) is 0 Å². The van der Waals surface area contributed by atoms with E-state index in [-0.39, 0.29) is 5.83 Å². The third-order valence-corrected chi connectivity index (χ3v) is 2.08. The molecule has 1 saturated carbocycles. The Bertz CT molecular complexity index is 272. The molecule has 0 saturated heterocycles. The number of hydrogen-bond donors (Lipinski definition) is 0. The summed E-state index contributed by atoms with van der Waals surface area (Å²) in [4.78, 5) is 0. The molecule has 0 N–H and O–H groups in total. The van der Waals surface area contributed by atoms with E-state index < -0.39 is 0 Å². The fraction of sp³-hybridized carbons (Fsp3) is 0.500. The third-order valence-electron chi connectivity index (χ3n) is 2.08. The van der Waals surface area contributed by atoms with Crippen LogP contribution in [-0.4, -0.2) is 6.61 Å². The maximum absolute atomic E-state index is 13.5. The second-order valence-electron chi connectivity index (χ2n) is 3.71. The van der Waals surface area contributed by atoms with Crippen molar-refractivity contribution in [2.75, 3.05) is 6.61 Å². The number of rotatable bonds is 5. The van der Waals surface area contributed by atoms with Crippen LogP contribution >= 0.6 is 0 Å². The normalized spacial score (nSPS) is 18.2. The first-order chi connectivity index (χ1) is 6.65. The Balaban J connectivity index is 2.60. The molecule has 1 nitrogen and oxygen atoms in total. The Morgan fingerprint density at radius 3 is 2.64 bits per heavy atom. The lowest BCUT2D eigenvalue weighted by molar-refractivity contribution is 0.202. The average Bonchev–Trinajstić information content (AvgIpc) is 2.94. The molecule has 0 amide bonds. The van der Waals surface area contributed by atoms with Crippen LogP contribution in [0.3, 0.4) is 0 Å². The summed E-state index contributed by atoms with van der Waals surface area (Å²) in [5, 5.41) is 0. The molecule has 0 atom stereocenters. The van der Waals surface area contributed by atoms with Crippen LogP contribution in [0.15, 0.2) is 35.9 Å². The van der Waals surface area contributed by atoms with Crippen molar-refractivity contribution in [3.63, 3.8) is 0 Å². The summed E-state index contributed by atoms with van der Waals surface area (Å²) in [6.07, 6.45) is 5.83. The first-order valence-electron chi connectivity index (χ1n) is 4.96. The standard InChI is InChI=1S/C12H17FO/c1-4-5-11(12(13)9(2)3)14-8-10-6-7-10/h4-5,10H,2,6-8H2,1,3H3/b5-4-,12-11-. The van der Waals surface area contributed by atoms with E-state index in [4.69, 9.17) is 4.74 Å². The van der Waals surface area contributed by atoms with Crippen LogP contribution in [0.1, 0.15) is 26.7 Å². The third kappa shape index (κ3) is 3.36. The van der Waals surface area contributed by atoms with Gasteiger partial charge in [-0.3, -0.25) is 0 Å². The fourth-order valence-corrected chi connectivity index (χ4v) is 1.04. The van der Waals surface area contributed by atoms with Gasteiger partial charge in [0, 0.05) is 0 Å². The summed E-state index contributed by atoms with van der Waals surface area (Å²) >= 11 is 0. The second kappa shape index (κ2) is 4.99. The van der Waals surface area contributed by atoms with Crippen molar-refractivity contribution in [3.8, 4) is 0 Å². The quantitative estimate of drug-likeness (QED) is 0.480. The number of allylic oxidation sites excluding steroid dienone is 4. The van der Waals surface area contributed by atoms with Crippen LogP contribution < -0.4 is 0 Å². The Kier molecular flexibility index (Phi) is 3.93. The van der Waals surface area contributed by atoms with Crippen LogP contribution in [0.4, 0.5) is 4.39 Å². The Hall–Kier alpha value is -1.05. The van der Waals surface area contributed by atoms with E-state index >= 15 is 0 Å². The Morgan fingerprint density at radius 1 is 1.57 bits per heavy atom. The summed E-state index contributed by atoms with van der Waals surface area (Å²) in [6, 6.07) is 0. The summed E-state index contributed by atoms with van der Waals surface area (Å²) in [5.74, 6) is 0.601. The maximum Gasteiger partial charge on any atom is 0.167 e. The molecule has 0 aromatic carbocycles. The van der Waals surface area contributed by atoms with Crippen molar-refractivity contribution in [2.24, 2.45) is 5.92 Å². The predicted octanol–water partition coefficient (Wildman–Crippen LogP) is 3.75. The molecule has 0 aliphatic heterocycles. The lowest BCUT2D eigenvalue weighted by Gasteiger charge is -2.07. The van der Waals surface area contributed by atoms with Gasteiger partial charge in [-0.15, -0.1) is 0 Å². The van der Waals surface area contributed by atoms with E-state index in [0.717, 1.165) is 0 Å².